The largest absolute Gasteiger partial charge is 0.489 e. The van der Waals surface area contributed by atoms with Crippen molar-refractivity contribution in [2.45, 2.75) is 20.1 Å². The fourth-order valence-electron chi connectivity index (χ4n) is 2.89. The molecule has 0 saturated carbocycles. The molecule has 0 aromatic heterocycles. The van der Waals surface area contributed by atoms with Gasteiger partial charge in [0.15, 0.2) is 0 Å². The Morgan fingerprint density at radius 2 is 1.74 bits per heavy atom. The molecule has 0 aliphatic carbocycles. The van der Waals surface area contributed by atoms with E-state index in [0.29, 0.717) is 6.61 Å². The van der Waals surface area contributed by atoms with E-state index >= 15 is 0 Å². The van der Waals surface area contributed by atoms with Crippen molar-refractivity contribution in [3.05, 3.63) is 65.2 Å². The van der Waals surface area contributed by atoms with Crippen LogP contribution in [-0.2, 0) is 17.9 Å². The molecule has 150 valence electrons. The highest BCUT2D eigenvalue weighted by molar-refractivity contribution is 5.85. The lowest BCUT2D eigenvalue weighted by atomic mass is 10.2. The van der Waals surface area contributed by atoms with Crippen molar-refractivity contribution in [2.75, 3.05) is 39.4 Å². The summed E-state index contributed by atoms with van der Waals surface area (Å²) in [4.78, 5) is 2.44. The number of aryl methyl sites for hydroxylation is 1. The van der Waals surface area contributed by atoms with E-state index < -0.39 is 0 Å². The lowest BCUT2D eigenvalue weighted by Gasteiger charge is -2.26. The Bertz CT molecular complexity index is 647. The summed E-state index contributed by atoms with van der Waals surface area (Å²) in [5.74, 6) is 0.924. The quantitative estimate of drug-likeness (QED) is 0.667. The zero-order valence-electron chi connectivity index (χ0n) is 15.9. The van der Waals surface area contributed by atoms with Crippen LogP contribution in [-0.4, -0.2) is 44.3 Å². The molecule has 0 amide bonds. The number of ether oxygens (including phenoxy) is 2. The fraction of sp³-hybridized carbons (Fsp3) is 0.429. The Labute approximate surface area is 175 Å². The van der Waals surface area contributed by atoms with Gasteiger partial charge >= 0.3 is 0 Å². The molecule has 0 atom stereocenters. The lowest BCUT2D eigenvalue weighted by molar-refractivity contribution is 0.0384. The normalized spacial score (nSPS) is 14.1. The Morgan fingerprint density at radius 1 is 1.00 bits per heavy atom. The number of nitrogens with zero attached hydrogens (tertiary/aromatic N) is 1. The molecule has 1 heterocycles. The van der Waals surface area contributed by atoms with Gasteiger partial charge in [-0.05, 0) is 30.2 Å². The van der Waals surface area contributed by atoms with E-state index in [9.17, 15) is 0 Å². The second-order valence-corrected chi connectivity index (χ2v) is 6.55. The van der Waals surface area contributed by atoms with E-state index in [1.807, 2.05) is 6.07 Å². The van der Waals surface area contributed by atoms with Gasteiger partial charge in [-0.1, -0.05) is 42.0 Å². The molecule has 4 nitrogen and oxygen atoms in total. The van der Waals surface area contributed by atoms with Crippen LogP contribution in [0.2, 0.25) is 0 Å². The first-order valence-electron chi connectivity index (χ1n) is 9.08. The van der Waals surface area contributed by atoms with E-state index in [4.69, 9.17) is 9.47 Å². The Kier molecular flexibility index (Phi) is 11.4. The van der Waals surface area contributed by atoms with Crippen molar-refractivity contribution in [3.8, 4) is 5.75 Å². The number of morpholine rings is 1. The lowest BCUT2D eigenvalue weighted by Crippen LogP contribution is -2.40. The summed E-state index contributed by atoms with van der Waals surface area (Å²) in [6.45, 7) is 9.45. The first kappa shape index (κ1) is 23.7. The topological polar surface area (TPSA) is 33.7 Å². The molecule has 1 N–H and O–H groups in total. The summed E-state index contributed by atoms with van der Waals surface area (Å²) < 4.78 is 11.3. The van der Waals surface area contributed by atoms with Crippen molar-refractivity contribution in [1.29, 1.82) is 0 Å². The van der Waals surface area contributed by atoms with Crippen LogP contribution in [0.4, 0.5) is 0 Å². The number of hydrogen-bond donors (Lipinski definition) is 1. The molecule has 2 aromatic carbocycles. The zero-order chi connectivity index (χ0) is 17.3. The molecule has 3 rings (SSSR count). The van der Waals surface area contributed by atoms with E-state index in [1.54, 1.807) is 0 Å². The van der Waals surface area contributed by atoms with Crippen molar-refractivity contribution in [1.82, 2.24) is 10.2 Å². The Hall–Kier alpha value is -1.30. The molecule has 1 saturated heterocycles. The molecule has 0 unspecified atom stereocenters. The van der Waals surface area contributed by atoms with Crippen LogP contribution in [0.3, 0.4) is 0 Å². The highest BCUT2D eigenvalue weighted by Gasteiger charge is 2.08. The molecule has 2 aromatic rings. The molecular weight excluding hydrogens is 383 g/mol. The minimum absolute atomic E-state index is 0. The number of rotatable bonds is 8. The van der Waals surface area contributed by atoms with Gasteiger partial charge in [0.1, 0.15) is 12.4 Å². The second-order valence-electron chi connectivity index (χ2n) is 6.55. The van der Waals surface area contributed by atoms with Crippen LogP contribution in [0.15, 0.2) is 48.5 Å². The van der Waals surface area contributed by atoms with Gasteiger partial charge in [0.2, 0.25) is 0 Å². The van der Waals surface area contributed by atoms with Gasteiger partial charge in [-0.2, -0.15) is 0 Å². The van der Waals surface area contributed by atoms with Crippen LogP contribution in [0, 0.1) is 6.92 Å². The van der Waals surface area contributed by atoms with Gasteiger partial charge in [0, 0.05) is 32.7 Å². The molecule has 0 spiro atoms. The first-order valence-corrected chi connectivity index (χ1v) is 9.08. The van der Waals surface area contributed by atoms with Crippen molar-refractivity contribution in [2.24, 2.45) is 0 Å². The van der Waals surface area contributed by atoms with Crippen LogP contribution in [0.1, 0.15) is 16.7 Å². The summed E-state index contributed by atoms with van der Waals surface area (Å²) in [5.41, 5.74) is 3.72. The van der Waals surface area contributed by atoms with Crippen LogP contribution < -0.4 is 10.1 Å². The first-order chi connectivity index (χ1) is 12.3. The van der Waals surface area contributed by atoms with Crippen LogP contribution in [0.5, 0.6) is 5.75 Å². The van der Waals surface area contributed by atoms with E-state index in [1.165, 1.54) is 16.7 Å². The van der Waals surface area contributed by atoms with Crippen LogP contribution in [0.25, 0.3) is 0 Å². The average Bonchev–Trinajstić information content (AvgIpc) is 2.66. The van der Waals surface area contributed by atoms with Gasteiger partial charge in [-0.25, -0.2) is 0 Å². The summed E-state index contributed by atoms with van der Waals surface area (Å²) >= 11 is 0. The second kappa shape index (κ2) is 13.0. The summed E-state index contributed by atoms with van der Waals surface area (Å²) in [7, 11) is 0. The highest BCUT2D eigenvalue weighted by atomic mass is 35.5. The maximum absolute atomic E-state index is 5.92. The molecular formula is C21H30Cl2N2O2. The van der Waals surface area contributed by atoms with Crippen LogP contribution >= 0.6 is 24.8 Å². The molecule has 27 heavy (non-hydrogen) atoms. The number of nitrogens with one attached hydrogen (secondary N) is 1. The molecule has 1 fully saturated rings. The predicted octanol–water partition coefficient (Wildman–Crippen LogP) is 3.84. The molecule has 1 aliphatic rings. The molecule has 0 radical (unpaired) electrons. The van der Waals surface area contributed by atoms with Gasteiger partial charge in [-0.3, -0.25) is 4.90 Å². The third kappa shape index (κ3) is 8.50. The average molecular weight is 413 g/mol. The number of benzene rings is 2. The van der Waals surface area contributed by atoms with Gasteiger partial charge in [-0.15, -0.1) is 24.8 Å². The summed E-state index contributed by atoms with van der Waals surface area (Å²) in [6.07, 6.45) is 0. The molecule has 1 aliphatic heterocycles. The van der Waals surface area contributed by atoms with Gasteiger partial charge in [0.25, 0.3) is 0 Å². The summed E-state index contributed by atoms with van der Waals surface area (Å²) in [5, 5.41) is 3.52. The maximum Gasteiger partial charge on any atom is 0.120 e. The number of halogens is 2. The minimum Gasteiger partial charge on any atom is -0.489 e. The predicted molar refractivity (Wildman–Crippen MR) is 115 cm³/mol. The Balaban J connectivity index is 0.00000182. The van der Waals surface area contributed by atoms with E-state index in [2.05, 4.69) is 59.6 Å². The highest BCUT2D eigenvalue weighted by Crippen LogP contribution is 2.15. The van der Waals surface area contributed by atoms with Crippen molar-refractivity contribution >= 4 is 24.8 Å². The third-order valence-electron chi connectivity index (χ3n) is 4.46. The molecule has 0 bridgehead atoms. The van der Waals surface area contributed by atoms with Crippen molar-refractivity contribution < 1.29 is 9.47 Å². The van der Waals surface area contributed by atoms with Crippen molar-refractivity contribution in [3.63, 3.8) is 0 Å². The zero-order valence-corrected chi connectivity index (χ0v) is 17.5. The maximum atomic E-state index is 5.92. The monoisotopic (exact) mass is 412 g/mol. The van der Waals surface area contributed by atoms with Gasteiger partial charge in [0.05, 0.1) is 13.2 Å². The fourth-order valence-corrected chi connectivity index (χ4v) is 2.89. The smallest absolute Gasteiger partial charge is 0.120 e. The summed E-state index contributed by atoms with van der Waals surface area (Å²) in [6, 6.07) is 16.8. The van der Waals surface area contributed by atoms with E-state index in [-0.39, 0.29) is 24.8 Å². The minimum atomic E-state index is 0. The Morgan fingerprint density at radius 3 is 2.48 bits per heavy atom. The van der Waals surface area contributed by atoms with E-state index in [0.717, 1.165) is 51.7 Å². The molecule has 6 heteroatoms. The SMILES string of the molecule is Cc1ccc(COc2cccc(CNCCN3CCOCC3)c2)cc1.Cl.Cl. The standard InChI is InChI=1S/C21H28N2O2.2ClH/c1-18-5-7-19(8-6-18)17-25-21-4-2-3-20(15-21)16-22-9-10-23-11-13-24-14-12-23;;/h2-8,15,22H,9-14,16-17H2,1H3;2*1H. The number of hydrogen-bond acceptors (Lipinski definition) is 4. The van der Waals surface area contributed by atoms with Gasteiger partial charge < -0.3 is 14.8 Å². The third-order valence-corrected chi connectivity index (χ3v) is 4.46.